The van der Waals surface area contributed by atoms with Crippen LogP contribution in [0.15, 0.2) is 20.3 Å². The Balaban J connectivity index is 2.51. The predicted molar refractivity (Wildman–Crippen MR) is 61.0 cm³/mol. The van der Waals surface area contributed by atoms with Crippen molar-refractivity contribution < 1.29 is 23.7 Å². The zero-order valence-corrected chi connectivity index (χ0v) is 10.8. The van der Waals surface area contributed by atoms with Crippen LogP contribution in [-0.2, 0) is 4.74 Å². The topological polar surface area (TPSA) is 105 Å². The quantitative estimate of drug-likeness (QED) is 0.651. The van der Waals surface area contributed by atoms with E-state index in [2.05, 4.69) is 15.9 Å². The fourth-order valence-electron chi connectivity index (χ4n) is 1.75. The van der Waals surface area contributed by atoms with E-state index in [1.807, 2.05) is 4.98 Å². The van der Waals surface area contributed by atoms with Crippen molar-refractivity contribution in [3.8, 4) is 0 Å². The summed E-state index contributed by atoms with van der Waals surface area (Å²) in [4.78, 5) is 24.4. The lowest BCUT2D eigenvalue weighted by Gasteiger charge is -2.21. The number of aromatic amines is 1. The normalized spacial score (nSPS) is 29.6. The summed E-state index contributed by atoms with van der Waals surface area (Å²) in [6, 6.07) is 0. The summed E-state index contributed by atoms with van der Waals surface area (Å²) in [6.07, 6.45) is -5.04. The third kappa shape index (κ3) is 2.24. The van der Waals surface area contributed by atoms with Gasteiger partial charge in [-0.05, 0) is 15.9 Å². The summed E-state index contributed by atoms with van der Waals surface area (Å²) in [5.41, 5.74) is -1.88. The Morgan fingerprint density at radius 1 is 1.53 bits per heavy atom. The van der Waals surface area contributed by atoms with Crippen molar-refractivity contribution in [2.75, 3.05) is 6.61 Å². The molecular formula is C9H9BrF2N2O5. The fraction of sp³-hybridized carbons (Fsp3) is 0.556. The van der Waals surface area contributed by atoms with Gasteiger partial charge in [0.1, 0.15) is 6.10 Å². The van der Waals surface area contributed by atoms with Crippen LogP contribution in [-0.4, -0.2) is 44.5 Å². The highest BCUT2D eigenvalue weighted by atomic mass is 79.9. The second-order valence-electron chi connectivity index (χ2n) is 3.97. The molecule has 2 rings (SSSR count). The van der Waals surface area contributed by atoms with E-state index in [1.165, 1.54) is 0 Å². The van der Waals surface area contributed by atoms with Crippen LogP contribution in [0.2, 0.25) is 0 Å². The number of nitrogens with zero attached hydrogens (tertiary/aromatic N) is 1. The van der Waals surface area contributed by atoms with Gasteiger partial charge in [-0.1, -0.05) is 0 Å². The zero-order valence-electron chi connectivity index (χ0n) is 9.22. The molecule has 0 amide bonds. The molecule has 0 aromatic carbocycles. The molecule has 10 heteroatoms. The van der Waals surface area contributed by atoms with E-state index < -0.39 is 42.2 Å². The Labute approximate surface area is 112 Å². The summed E-state index contributed by atoms with van der Waals surface area (Å²) in [6.45, 7) is -0.827. The van der Waals surface area contributed by atoms with Crippen molar-refractivity contribution >= 4 is 15.9 Å². The molecule has 3 N–H and O–H groups in total. The number of H-pyrrole nitrogens is 1. The van der Waals surface area contributed by atoms with Gasteiger partial charge in [0.25, 0.3) is 5.56 Å². The lowest BCUT2D eigenvalue weighted by atomic mass is 10.1. The van der Waals surface area contributed by atoms with Crippen molar-refractivity contribution in [3.05, 3.63) is 31.5 Å². The monoisotopic (exact) mass is 342 g/mol. The molecule has 1 fully saturated rings. The number of aliphatic hydroxyl groups is 2. The second-order valence-corrected chi connectivity index (χ2v) is 4.83. The molecule has 2 heterocycles. The largest absolute Gasteiger partial charge is 0.394 e. The third-order valence-electron chi connectivity index (χ3n) is 2.74. The Kier molecular flexibility index (Phi) is 3.60. The summed E-state index contributed by atoms with van der Waals surface area (Å²) >= 11 is 2.80. The first kappa shape index (κ1) is 14.3. The molecule has 0 aliphatic carbocycles. The first-order valence-corrected chi connectivity index (χ1v) is 5.91. The van der Waals surface area contributed by atoms with Crippen molar-refractivity contribution in [3.63, 3.8) is 0 Å². The number of rotatable bonds is 2. The van der Waals surface area contributed by atoms with Crippen molar-refractivity contribution in [2.24, 2.45) is 0 Å². The Morgan fingerprint density at radius 3 is 2.68 bits per heavy atom. The number of hydrogen-bond donors (Lipinski definition) is 3. The molecule has 0 spiro atoms. The molecule has 0 unspecified atom stereocenters. The van der Waals surface area contributed by atoms with Gasteiger partial charge < -0.3 is 14.9 Å². The molecule has 1 aliphatic heterocycles. The van der Waals surface area contributed by atoms with E-state index >= 15 is 0 Å². The van der Waals surface area contributed by atoms with Gasteiger partial charge in [0.05, 0.1) is 11.1 Å². The highest BCUT2D eigenvalue weighted by molar-refractivity contribution is 9.10. The summed E-state index contributed by atoms with van der Waals surface area (Å²) in [5, 5.41) is 18.2. The number of aliphatic hydroxyl groups excluding tert-OH is 2. The lowest BCUT2D eigenvalue weighted by Crippen LogP contribution is -2.42. The Hall–Kier alpha value is -1.10. The van der Waals surface area contributed by atoms with Crippen LogP contribution >= 0.6 is 15.9 Å². The highest BCUT2D eigenvalue weighted by Gasteiger charge is 2.59. The Bertz CT molecular complexity index is 601. The van der Waals surface area contributed by atoms with E-state index in [0.29, 0.717) is 4.57 Å². The average Bonchev–Trinajstić information content (AvgIpc) is 2.56. The van der Waals surface area contributed by atoms with Crippen LogP contribution in [0.1, 0.15) is 6.23 Å². The van der Waals surface area contributed by atoms with Gasteiger partial charge in [0.2, 0.25) is 6.23 Å². The SMILES string of the molecule is O=c1[nH]c(=O)n([C@@H]2O[C@@H](CO)[C@H](O)C2(F)F)cc1Br. The number of halogens is 3. The van der Waals surface area contributed by atoms with Crippen molar-refractivity contribution in [1.29, 1.82) is 0 Å². The minimum Gasteiger partial charge on any atom is -0.394 e. The minimum absolute atomic E-state index is 0.145. The van der Waals surface area contributed by atoms with E-state index in [4.69, 9.17) is 9.84 Å². The van der Waals surface area contributed by atoms with Gasteiger partial charge in [0, 0.05) is 6.20 Å². The molecule has 1 aromatic rings. The Morgan fingerprint density at radius 2 is 2.16 bits per heavy atom. The summed E-state index contributed by atoms with van der Waals surface area (Å²) in [7, 11) is 0. The van der Waals surface area contributed by atoms with Crippen molar-refractivity contribution in [2.45, 2.75) is 24.4 Å². The second kappa shape index (κ2) is 4.78. The summed E-state index contributed by atoms with van der Waals surface area (Å²) in [5.74, 6) is -3.78. The molecule has 3 atom stereocenters. The molecule has 0 saturated carbocycles. The van der Waals surface area contributed by atoms with Gasteiger partial charge in [-0.25, -0.2) is 4.79 Å². The van der Waals surface area contributed by atoms with E-state index in [1.54, 1.807) is 0 Å². The van der Waals surface area contributed by atoms with Gasteiger partial charge in [-0.2, -0.15) is 8.78 Å². The van der Waals surface area contributed by atoms with Crippen LogP contribution in [0.4, 0.5) is 8.78 Å². The molecule has 7 nitrogen and oxygen atoms in total. The first-order valence-electron chi connectivity index (χ1n) is 5.12. The maximum Gasteiger partial charge on any atom is 0.330 e. The molecule has 1 aromatic heterocycles. The highest BCUT2D eigenvalue weighted by Crippen LogP contribution is 2.41. The number of ether oxygens (including phenoxy) is 1. The maximum absolute atomic E-state index is 13.8. The molecule has 1 aliphatic rings. The molecule has 0 radical (unpaired) electrons. The molecule has 106 valence electrons. The van der Waals surface area contributed by atoms with Crippen LogP contribution in [0.3, 0.4) is 0 Å². The van der Waals surface area contributed by atoms with E-state index in [-0.39, 0.29) is 4.47 Å². The van der Waals surface area contributed by atoms with Crippen LogP contribution in [0.25, 0.3) is 0 Å². The van der Waals surface area contributed by atoms with Crippen LogP contribution in [0.5, 0.6) is 0 Å². The van der Waals surface area contributed by atoms with Gasteiger partial charge in [-0.15, -0.1) is 0 Å². The standard InChI is InChI=1S/C9H9BrF2N2O5/c10-3-1-14(8(18)13-6(3)17)7-9(11,12)5(16)4(2-15)19-7/h1,4-5,7,15-16H,2H2,(H,13,17,18)/t4-,5-,7+/m0/s1. The van der Waals surface area contributed by atoms with E-state index in [9.17, 15) is 23.5 Å². The van der Waals surface area contributed by atoms with Crippen molar-refractivity contribution in [1.82, 2.24) is 9.55 Å². The molecule has 0 bridgehead atoms. The number of nitrogens with one attached hydrogen (secondary N) is 1. The third-order valence-corrected chi connectivity index (χ3v) is 3.30. The lowest BCUT2D eigenvalue weighted by molar-refractivity contribution is -0.141. The summed E-state index contributed by atoms with van der Waals surface area (Å²) < 4.78 is 32.6. The van der Waals surface area contributed by atoms with Gasteiger partial charge in [0.15, 0.2) is 6.10 Å². The first-order chi connectivity index (χ1) is 8.78. The smallest absolute Gasteiger partial charge is 0.330 e. The minimum atomic E-state index is -3.78. The molecule has 1 saturated heterocycles. The fourth-order valence-corrected chi connectivity index (χ4v) is 2.07. The average molecular weight is 343 g/mol. The zero-order chi connectivity index (χ0) is 14.4. The molecule has 19 heavy (non-hydrogen) atoms. The molecular weight excluding hydrogens is 334 g/mol. The number of aromatic nitrogens is 2. The van der Waals surface area contributed by atoms with Crippen LogP contribution in [0, 0.1) is 0 Å². The van der Waals surface area contributed by atoms with Gasteiger partial charge >= 0.3 is 11.6 Å². The maximum atomic E-state index is 13.8. The number of alkyl halides is 2. The van der Waals surface area contributed by atoms with Crippen LogP contribution < -0.4 is 11.2 Å². The number of hydrogen-bond acceptors (Lipinski definition) is 5. The van der Waals surface area contributed by atoms with Gasteiger partial charge in [-0.3, -0.25) is 14.3 Å². The van der Waals surface area contributed by atoms with E-state index in [0.717, 1.165) is 6.20 Å². The predicted octanol–water partition coefficient (Wildman–Crippen LogP) is -0.815.